The molecule has 9 heteroatoms. The quantitative estimate of drug-likeness (QED) is 0.493. The molecule has 0 atom stereocenters. The number of aromatic nitrogens is 5. The lowest BCUT2D eigenvalue weighted by Crippen LogP contribution is -2.59. The van der Waals surface area contributed by atoms with E-state index in [1.54, 1.807) is 21.6 Å². The van der Waals surface area contributed by atoms with E-state index in [0.717, 1.165) is 35.6 Å². The van der Waals surface area contributed by atoms with Crippen LogP contribution in [0.25, 0.3) is 28.0 Å². The first-order chi connectivity index (χ1) is 15.6. The van der Waals surface area contributed by atoms with Gasteiger partial charge in [0.15, 0.2) is 0 Å². The molecule has 1 aliphatic heterocycles. The number of rotatable bonds is 5. The summed E-state index contributed by atoms with van der Waals surface area (Å²) >= 11 is 0. The van der Waals surface area contributed by atoms with Gasteiger partial charge in [-0.2, -0.15) is 15.5 Å². The van der Waals surface area contributed by atoms with Gasteiger partial charge >= 0.3 is 0 Å². The highest BCUT2D eigenvalue weighted by Crippen LogP contribution is 2.31. The molecule has 1 saturated heterocycles. The lowest BCUT2D eigenvalue weighted by molar-refractivity contribution is -0.117. The number of nitrogens with one attached hydrogen (secondary N) is 1. The molecule has 9 nitrogen and oxygen atoms in total. The monoisotopic (exact) mass is 424 g/mol. The number of aryl methyl sites for hydroxylation is 1. The highest BCUT2D eigenvalue weighted by atomic mass is 16.1. The molecule has 1 aromatic carbocycles. The van der Waals surface area contributed by atoms with Crippen LogP contribution in [-0.2, 0) is 11.8 Å². The van der Waals surface area contributed by atoms with Gasteiger partial charge in [0.1, 0.15) is 17.1 Å². The van der Waals surface area contributed by atoms with Crippen LogP contribution >= 0.6 is 0 Å². The molecule has 4 aromatic rings. The minimum absolute atomic E-state index is 0.127. The Morgan fingerprint density at radius 2 is 1.97 bits per heavy atom. The molecule has 32 heavy (non-hydrogen) atoms. The lowest BCUT2D eigenvalue weighted by Gasteiger charge is -2.41. The normalized spacial score (nSPS) is 13.6. The number of nitriles is 1. The maximum Gasteiger partial charge on any atom is 0.243 e. The van der Waals surface area contributed by atoms with Crippen LogP contribution < -0.4 is 10.2 Å². The molecule has 0 radical (unpaired) electrons. The molecule has 0 unspecified atom stereocenters. The van der Waals surface area contributed by atoms with Gasteiger partial charge in [-0.1, -0.05) is 18.7 Å². The Morgan fingerprint density at radius 3 is 2.62 bits per heavy atom. The average Bonchev–Trinajstić information content (AvgIpc) is 3.41. The molecule has 1 N–H and O–H groups in total. The number of amides is 1. The molecule has 158 valence electrons. The third-order valence-electron chi connectivity index (χ3n) is 5.54. The predicted molar refractivity (Wildman–Crippen MR) is 120 cm³/mol. The molecular formula is C23H20N8O. The second-order valence-electron chi connectivity index (χ2n) is 7.70. The van der Waals surface area contributed by atoms with Crippen molar-refractivity contribution in [3.63, 3.8) is 0 Å². The number of hydrogen-bond donors (Lipinski definition) is 1. The smallest absolute Gasteiger partial charge is 0.243 e. The van der Waals surface area contributed by atoms with Crippen LogP contribution in [0.15, 0.2) is 61.7 Å². The molecule has 4 heterocycles. The number of carbonyl (C=O) groups is 1. The van der Waals surface area contributed by atoms with E-state index in [0.29, 0.717) is 16.8 Å². The second kappa shape index (κ2) is 7.67. The Kier molecular flexibility index (Phi) is 4.67. The van der Waals surface area contributed by atoms with Gasteiger partial charge in [-0.25, -0.2) is 9.50 Å². The van der Waals surface area contributed by atoms with Gasteiger partial charge in [-0.15, -0.1) is 0 Å². The van der Waals surface area contributed by atoms with Crippen LogP contribution in [-0.4, -0.2) is 49.4 Å². The van der Waals surface area contributed by atoms with Crippen LogP contribution in [0.1, 0.15) is 5.56 Å². The van der Waals surface area contributed by atoms with Crippen LogP contribution in [0.2, 0.25) is 0 Å². The largest absolute Gasteiger partial charge is 0.367 e. The van der Waals surface area contributed by atoms with Crippen molar-refractivity contribution in [1.82, 2.24) is 29.7 Å². The number of nitrogens with zero attached hydrogens (tertiary/aromatic N) is 7. The van der Waals surface area contributed by atoms with Crippen molar-refractivity contribution in [1.29, 1.82) is 5.26 Å². The van der Waals surface area contributed by atoms with Crippen molar-refractivity contribution >= 4 is 17.1 Å². The molecule has 0 bridgehead atoms. The third kappa shape index (κ3) is 3.37. The molecule has 1 fully saturated rings. The Morgan fingerprint density at radius 1 is 1.19 bits per heavy atom. The van der Waals surface area contributed by atoms with Gasteiger partial charge in [0.25, 0.3) is 0 Å². The van der Waals surface area contributed by atoms with Crippen LogP contribution in [0.5, 0.6) is 0 Å². The van der Waals surface area contributed by atoms with Crippen molar-refractivity contribution in [2.24, 2.45) is 7.05 Å². The maximum atomic E-state index is 11.4. The van der Waals surface area contributed by atoms with Crippen molar-refractivity contribution in [3.8, 4) is 28.6 Å². The van der Waals surface area contributed by atoms with Crippen molar-refractivity contribution in [2.75, 3.05) is 18.0 Å². The van der Waals surface area contributed by atoms with E-state index in [2.05, 4.69) is 33.1 Å². The lowest BCUT2D eigenvalue weighted by atomic mass is 10.0. The number of benzene rings is 1. The fourth-order valence-electron chi connectivity index (χ4n) is 3.86. The van der Waals surface area contributed by atoms with Gasteiger partial charge in [0.2, 0.25) is 5.91 Å². The first kappa shape index (κ1) is 19.5. The molecular weight excluding hydrogens is 404 g/mol. The minimum Gasteiger partial charge on any atom is -0.367 e. The summed E-state index contributed by atoms with van der Waals surface area (Å²) in [6.07, 6.45) is 8.29. The summed E-state index contributed by atoms with van der Waals surface area (Å²) in [5.74, 6) is -0.150. The van der Waals surface area contributed by atoms with E-state index in [1.165, 1.54) is 6.08 Å². The van der Waals surface area contributed by atoms with Crippen molar-refractivity contribution in [3.05, 3.63) is 67.3 Å². The zero-order valence-electron chi connectivity index (χ0n) is 17.4. The van der Waals surface area contributed by atoms with E-state index < -0.39 is 0 Å². The van der Waals surface area contributed by atoms with E-state index in [4.69, 9.17) is 4.98 Å². The predicted octanol–water partition coefficient (Wildman–Crippen LogP) is 2.16. The van der Waals surface area contributed by atoms with Gasteiger partial charge in [-0.3, -0.25) is 9.48 Å². The summed E-state index contributed by atoms with van der Waals surface area (Å²) in [7, 11) is 1.85. The number of carbonyl (C=O) groups excluding carboxylic acids is 1. The zero-order chi connectivity index (χ0) is 22.2. The van der Waals surface area contributed by atoms with E-state index in [-0.39, 0.29) is 11.9 Å². The molecule has 5 rings (SSSR count). The summed E-state index contributed by atoms with van der Waals surface area (Å²) in [5.41, 5.74) is 5.37. The Hall–Kier alpha value is -4.45. The van der Waals surface area contributed by atoms with Crippen LogP contribution in [0.4, 0.5) is 5.69 Å². The van der Waals surface area contributed by atoms with Crippen molar-refractivity contribution < 1.29 is 4.79 Å². The number of hydrogen-bond acceptors (Lipinski definition) is 6. The second-order valence-corrected chi connectivity index (χ2v) is 7.70. The van der Waals surface area contributed by atoms with Gasteiger partial charge in [0, 0.05) is 43.1 Å². The van der Waals surface area contributed by atoms with Gasteiger partial charge in [0.05, 0.1) is 36.0 Å². The van der Waals surface area contributed by atoms with E-state index in [1.807, 2.05) is 43.7 Å². The molecule has 1 aliphatic rings. The maximum absolute atomic E-state index is 11.4. The summed E-state index contributed by atoms with van der Waals surface area (Å²) in [6, 6.07) is 10.4. The van der Waals surface area contributed by atoms with Crippen LogP contribution in [0.3, 0.4) is 0 Å². The van der Waals surface area contributed by atoms with Gasteiger partial charge in [-0.05, 0) is 18.2 Å². The minimum atomic E-state index is -0.150. The molecule has 1 amide bonds. The Bertz CT molecular complexity index is 1370. The molecule has 0 spiro atoms. The fraction of sp³-hybridized carbons (Fsp3) is 0.174. The van der Waals surface area contributed by atoms with E-state index in [9.17, 15) is 10.1 Å². The third-order valence-corrected chi connectivity index (χ3v) is 5.54. The average molecular weight is 424 g/mol. The highest BCUT2D eigenvalue weighted by molar-refractivity contribution is 5.87. The fourth-order valence-corrected chi connectivity index (χ4v) is 3.86. The van der Waals surface area contributed by atoms with Crippen molar-refractivity contribution in [2.45, 2.75) is 6.04 Å². The SMILES string of the molecule is C=CC(=O)NC1CN(c2ccc(-c3nc(-c4cnn(C)c4)cn4ncc(C#N)c34)cc2)C1. The number of anilines is 1. The van der Waals surface area contributed by atoms with Crippen LogP contribution in [0, 0.1) is 11.3 Å². The Balaban J connectivity index is 1.47. The molecule has 0 saturated carbocycles. The first-order valence-corrected chi connectivity index (χ1v) is 10.1. The highest BCUT2D eigenvalue weighted by Gasteiger charge is 2.27. The zero-order valence-corrected chi connectivity index (χ0v) is 17.4. The summed E-state index contributed by atoms with van der Waals surface area (Å²) in [5, 5.41) is 21.0. The summed E-state index contributed by atoms with van der Waals surface area (Å²) in [6.45, 7) is 4.98. The topological polar surface area (TPSA) is 104 Å². The van der Waals surface area contributed by atoms with E-state index >= 15 is 0 Å². The molecule has 3 aromatic heterocycles. The number of fused-ring (bicyclic) bond motifs is 1. The summed E-state index contributed by atoms with van der Waals surface area (Å²) in [4.78, 5) is 18.5. The van der Waals surface area contributed by atoms with Gasteiger partial charge < -0.3 is 10.2 Å². The molecule has 0 aliphatic carbocycles. The standard InChI is InChI=1S/C23H20N8O/c1-3-21(32)27-18-12-30(13-18)19-6-4-15(5-7-19)22-23-16(8-24)9-26-31(23)14-20(28-22)17-10-25-29(2)11-17/h3-7,9-11,14,18H,1,12-13H2,2H3,(H,27,32). The Labute approximate surface area is 184 Å². The first-order valence-electron chi connectivity index (χ1n) is 10.1. The summed E-state index contributed by atoms with van der Waals surface area (Å²) < 4.78 is 3.41.